The largest absolute Gasteiger partial charge is 0.497 e. The van der Waals surface area contributed by atoms with Crippen molar-refractivity contribution >= 4 is 16.7 Å². The van der Waals surface area contributed by atoms with E-state index in [1.165, 1.54) is 0 Å². The van der Waals surface area contributed by atoms with Crippen molar-refractivity contribution in [1.29, 1.82) is 0 Å². The van der Waals surface area contributed by atoms with Gasteiger partial charge in [0.25, 0.3) is 5.88 Å². The SMILES string of the molecule is COc1ccc(-c2cnc3c(OC)nc4ccccc4n23)c(OC)c1. The normalized spacial score (nSPS) is 11.0. The number of hydrogen-bond donors (Lipinski definition) is 0. The van der Waals surface area contributed by atoms with Crippen molar-refractivity contribution in [2.75, 3.05) is 21.3 Å². The van der Waals surface area contributed by atoms with Gasteiger partial charge in [-0.05, 0) is 24.3 Å². The van der Waals surface area contributed by atoms with Crippen LogP contribution in [0.3, 0.4) is 0 Å². The molecule has 0 atom stereocenters. The Bertz CT molecular complexity index is 1070. The fourth-order valence-electron chi connectivity index (χ4n) is 2.99. The van der Waals surface area contributed by atoms with Gasteiger partial charge in [-0.15, -0.1) is 0 Å². The molecule has 2 aromatic heterocycles. The standard InChI is InChI=1S/C19H17N3O3/c1-23-12-8-9-13(17(10-12)24-2)16-11-20-18-19(25-3)21-14-6-4-5-7-15(14)22(16)18/h4-11H,1-3H3. The third-order valence-electron chi connectivity index (χ3n) is 4.18. The maximum absolute atomic E-state index is 5.56. The third-order valence-corrected chi connectivity index (χ3v) is 4.18. The van der Waals surface area contributed by atoms with Gasteiger partial charge in [0.05, 0.1) is 44.3 Å². The summed E-state index contributed by atoms with van der Waals surface area (Å²) in [5, 5.41) is 0. The molecule has 0 unspecified atom stereocenters. The van der Waals surface area contributed by atoms with Crippen molar-refractivity contribution < 1.29 is 14.2 Å². The average molecular weight is 335 g/mol. The molecule has 4 aromatic rings. The molecule has 0 amide bonds. The van der Waals surface area contributed by atoms with Crippen molar-refractivity contribution in [2.45, 2.75) is 0 Å². The Kier molecular flexibility index (Phi) is 3.65. The van der Waals surface area contributed by atoms with Crippen molar-refractivity contribution in [1.82, 2.24) is 14.4 Å². The molecular weight excluding hydrogens is 318 g/mol. The van der Waals surface area contributed by atoms with Crippen LogP contribution in [-0.2, 0) is 0 Å². The van der Waals surface area contributed by atoms with Gasteiger partial charge >= 0.3 is 0 Å². The van der Waals surface area contributed by atoms with Crippen LogP contribution in [-0.4, -0.2) is 35.7 Å². The highest BCUT2D eigenvalue weighted by Gasteiger charge is 2.17. The number of ether oxygens (including phenoxy) is 3. The molecule has 0 aliphatic rings. The zero-order valence-corrected chi connectivity index (χ0v) is 14.2. The van der Waals surface area contributed by atoms with Crippen LogP contribution in [0.25, 0.3) is 27.9 Å². The van der Waals surface area contributed by atoms with Crippen LogP contribution in [0.5, 0.6) is 17.4 Å². The zero-order chi connectivity index (χ0) is 17.4. The molecule has 0 aliphatic carbocycles. The Morgan fingerprint density at radius 3 is 2.52 bits per heavy atom. The van der Waals surface area contributed by atoms with E-state index in [-0.39, 0.29) is 0 Å². The van der Waals surface area contributed by atoms with E-state index in [2.05, 4.69) is 9.97 Å². The van der Waals surface area contributed by atoms with E-state index in [4.69, 9.17) is 14.2 Å². The summed E-state index contributed by atoms with van der Waals surface area (Å²) in [4.78, 5) is 9.06. The molecule has 126 valence electrons. The molecule has 0 fully saturated rings. The van der Waals surface area contributed by atoms with Gasteiger partial charge in [-0.2, -0.15) is 0 Å². The van der Waals surface area contributed by atoms with Crippen LogP contribution < -0.4 is 14.2 Å². The van der Waals surface area contributed by atoms with E-state index >= 15 is 0 Å². The van der Waals surface area contributed by atoms with Gasteiger partial charge in [-0.1, -0.05) is 12.1 Å². The maximum atomic E-state index is 5.56. The molecule has 4 rings (SSSR count). The van der Waals surface area contributed by atoms with Gasteiger partial charge in [-0.3, -0.25) is 4.40 Å². The number of methoxy groups -OCH3 is 3. The first kappa shape index (κ1) is 15.3. The third kappa shape index (κ3) is 2.34. The van der Waals surface area contributed by atoms with Crippen molar-refractivity contribution in [3.8, 4) is 28.6 Å². The minimum Gasteiger partial charge on any atom is -0.497 e. The van der Waals surface area contributed by atoms with Gasteiger partial charge in [-0.25, -0.2) is 9.97 Å². The summed E-state index contributed by atoms with van der Waals surface area (Å²) in [6, 6.07) is 13.6. The number of aromatic nitrogens is 3. The zero-order valence-electron chi connectivity index (χ0n) is 14.2. The van der Waals surface area contributed by atoms with Gasteiger partial charge in [0.1, 0.15) is 11.5 Å². The van der Waals surface area contributed by atoms with Crippen molar-refractivity contribution in [3.63, 3.8) is 0 Å². The molecule has 0 aliphatic heterocycles. The predicted molar refractivity (Wildman–Crippen MR) is 95.6 cm³/mol. The smallest absolute Gasteiger partial charge is 0.258 e. The molecule has 0 saturated heterocycles. The van der Waals surface area contributed by atoms with E-state index in [1.807, 2.05) is 46.9 Å². The highest BCUT2D eigenvalue weighted by molar-refractivity contribution is 5.84. The van der Waals surface area contributed by atoms with Crippen molar-refractivity contribution in [2.24, 2.45) is 0 Å². The summed E-state index contributed by atoms with van der Waals surface area (Å²) < 4.78 is 18.3. The van der Waals surface area contributed by atoms with Gasteiger partial charge in [0.2, 0.25) is 5.65 Å². The molecule has 6 heteroatoms. The quantitative estimate of drug-likeness (QED) is 0.570. The van der Waals surface area contributed by atoms with Crippen LogP contribution in [0, 0.1) is 0 Å². The molecule has 0 N–H and O–H groups in total. The van der Waals surface area contributed by atoms with Crippen LogP contribution in [0.1, 0.15) is 0 Å². The number of benzene rings is 2. The van der Waals surface area contributed by atoms with E-state index < -0.39 is 0 Å². The fraction of sp³-hybridized carbons (Fsp3) is 0.158. The van der Waals surface area contributed by atoms with E-state index in [1.54, 1.807) is 27.5 Å². The monoisotopic (exact) mass is 335 g/mol. The van der Waals surface area contributed by atoms with Crippen LogP contribution >= 0.6 is 0 Å². The average Bonchev–Trinajstić information content (AvgIpc) is 3.12. The molecule has 0 radical (unpaired) electrons. The van der Waals surface area contributed by atoms with Gasteiger partial charge < -0.3 is 14.2 Å². The molecule has 6 nitrogen and oxygen atoms in total. The van der Waals surface area contributed by atoms with Crippen LogP contribution in [0.4, 0.5) is 0 Å². The molecule has 0 spiro atoms. The lowest BCUT2D eigenvalue weighted by Gasteiger charge is -2.12. The van der Waals surface area contributed by atoms with Gasteiger partial charge in [0, 0.05) is 11.6 Å². The Morgan fingerprint density at radius 2 is 1.76 bits per heavy atom. The summed E-state index contributed by atoms with van der Waals surface area (Å²) >= 11 is 0. The Hall–Kier alpha value is -3.28. The summed E-state index contributed by atoms with van der Waals surface area (Å²) in [6.45, 7) is 0. The first-order valence-electron chi connectivity index (χ1n) is 7.79. The minimum absolute atomic E-state index is 0.484. The lowest BCUT2D eigenvalue weighted by Crippen LogP contribution is -1.99. The van der Waals surface area contributed by atoms with Crippen LogP contribution in [0.15, 0.2) is 48.7 Å². The predicted octanol–water partition coefficient (Wildman–Crippen LogP) is 3.58. The lowest BCUT2D eigenvalue weighted by atomic mass is 10.1. The second-order valence-corrected chi connectivity index (χ2v) is 5.48. The second-order valence-electron chi connectivity index (χ2n) is 5.48. The summed E-state index contributed by atoms with van der Waals surface area (Å²) in [6.07, 6.45) is 1.80. The second kappa shape index (κ2) is 5.98. The van der Waals surface area contributed by atoms with E-state index in [0.717, 1.165) is 28.0 Å². The molecule has 0 saturated carbocycles. The molecular formula is C19H17N3O3. The molecule has 0 bridgehead atoms. The summed E-state index contributed by atoms with van der Waals surface area (Å²) in [7, 11) is 4.87. The van der Waals surface area contributed by atoms with Crippen molar-refractivity contribution in [3.05, 3.63) is 48.7 Å². The fourth-order valence-corrected chi connectivity index (χ4v) is 2.99. The molecule has 25 heavy (non-hydrogen) atoms. The number of nitrogens with zero attached hydrogens (tertiary/aromatic N) is 3. The Balaban J connectivity index is 2.08. The number of para-hydroxylation sites is 2. The minimum atomic E-state index is 0.484. The van der Waals surface area contributed by atoms with Gasteiger partial charge in [0.15, 0.2) is 0 Å². The van der Waals surface area contributed by atoms with E-state index in [0.29, 0.717) is 17.3 Å². The Morgan fingerprint density at radius 1 is 0.920 bits per heavy atom. The summed E-state index contributed by atoms with van der Waals surface area (Å²) in [5.41, 5.74) is 4.25. The molecule has 2 aromatic carbocycles. The molecule has 2 heterocycles. The maximum Gasteiger partial charge on any atom is 0.258 e. The highest BCUT2D eigenvalue weighted by Crippen LogP contribution is 2.36. The number of fused-ring (bicyclic) bond motifs is 3. The first-order chi connectivity index (χ1) is 12.3. The topological polar surface area (TPSA) is 57.9 Å². The number of rotatable bonds is 4. The highest BCUT2D eigenvalue weighted by atomic mass is 16.5. The Labute approximate surface area is 144 Å². The van der Waals surface area contributed by atoms with E-state index in [9.17, 15) is 0 Å². The number of hydrogen-bond acceptors (Lipinski definition) is 5. The first-order valence-corrected chi connectivity index (χ1v) is 7.79. The summed E-state index contributed by atoms with van der Waals surface area (Å²) in [5.74, 6) is 1.93. The number of imidazole rings is 1. The lowest BCUT2D eigenvalue weighted by molar-refractivity contribution is 0.395. The van der Waals surface area contributed by atoms with Crippen LogP contribution in [0.2, 0.25) is 0 Å².